The highest BCUT2D eigenvalue weighted by molar-refractivity contribution is 6.01. The van der Waals surface area contributed by atoms with Crippen LogP contribution < -0.4 is 15.8 Å². The van der Waals surface area contributed by atoms with E-state index in [0.29, 0.717) is 12.1 Å². The molecule has 6 heteroatoms. The van der Waals surface area contributed by atoms with Crippen LogP contribution in [0.15, 0.2) is 48.5 Å². The van der Waals surface area contributed by atoms with Crippen LogP contribution in [0.2, 0.25) is 0 Å². The Morgan fingerprint density at radius 2 is 1.50 bits per heavy atom. The molecule has 1 unspecified atom stereocenters. The monoisotopic (exact) mass is 351 g/mol. The van der Waals surface area contributed by atoms with Crippen molar-refractivity contribution in [2.75, 3.05) is 11.4 Å². The van der Waals surface area contributed by atoms with E-state index in [-0.39, 0.29) is 18.2 Å². The predicted octanol–water partition coefficient (Wildman–Crippen LogP) is 2.12. The molecule has 134 valence electrons. The van der Waals surface area contributed by atoms with Crippen LogP contribution in [0, 0.1) is 19.8 Å². The van der Waals surface area contributed by atoms with Crippen molar-refractivity contribution in [3.63, 3.8) is 0 Å². The summed E-state index contributed by atoms with van der Waals surface area (Å²) in [5, 5.41) is 0. The minimum atomic E-state index is -0.498. The van der Waals surface area contributed by atoms with E-state index in [0.717, 1.165) is 16.8 Å². The second-order valence-electron chi connectivity index (χ2n) is 6.55. The van der Waals surface area contributed by atoms with Crippen molar-refractivity contribution in [1.29, 1.82) is 0 Å². The van der Waals surface area contributed by atoms with E-state index in [4.69, 9.17) is 0 Å². The van der Waals surface area contributed by atoms with Crippen molar-refractivity contribution < 1.29 is 14.4 Å². The maximum atomic E-state index is 12.3. The minimum absolute atomic E-state index is 0.0983. The second-order valence-corrected chi connectivity index (χ2v) is 6.55. The number of hydrogen-bond acceptors (Lipinski definition) is 3. The zero-order valence-electron chi connectivity index (χ0n) is 14.8. The quantitative estimate of drug-likeness (QED) is 0.832. The van der Waals surface area contributed by atoms with E-state index in [9.17, 15) is 14.4 Å². The smallest absolute Gasteiger partial charge is 0.269 e. The fourth-order valence-electron chi connectivity index (χ4n) is 2.85. The number of nitrogens with one attached hydrogen (secondary N) is 2. The maximum absolute atomic E-state index is 12.3. The number of rotatable bonds is 3. The third-order valence-corrected chi connectivity index (χ3v) is 4.45. The highest BCUT2D eigenvalue weighted by Gasteiger charge is 2.35. The third kappa shape index (κ3) is 3.91. The molecule has 1 aliphatic heterocycles. The van der Waals surface area contributed by atoms with Gasteiger partial charge in [0.05, 0.1) is 5.92 Å². The molecule has 0 bridgehead atoms. The SMILES string of the molecule is Cc1ccc(C(=O)NNC(=O)C2CC(=O)N(c3ccc(C)cc3)C2)cc1. The Bertz CT molecular complexity index is 828. The van der Waals surface area contributed by atoms with Crippen LogP contribution in [0.4, 0.5) is 5.69 Å². The summed E-state index contributed by atoms with van der Waals surface area (Å²) in [6.45, 7) is 4.21. The van der Waals surface area contributed by atoms with Crippen molar-refractivity contribution >= 4 is 23.4 Å². The molecule has 26 heavy (non-hydrogen) atoms. The molecule has 0 spiro atoms. The lowest BCUT2D eigenvalue weighted by molar-refractivity contribution is -0.126. The summed E-state index contributed by atoms with van der Waals surface area (Å²) < 4.78 is 0. The summed E-state index contributed by atoms with van der Waals surface area (Å²) in [5.41, 5.74) is 8.21. The number of carbonyl (C=O) groups excluding carboxylic acids is 3. The lowest BCUT2D eigenvalue weighted by Crippen LogP contribution is -2.45. The number of hydrazine groups is 1. The van der Waals surface area contributed by atoms with Gasteiger partial charge in [0.1, 0.15) is 0 Å². The number of carbonyl (C=O) groups is 3. The van der Waals surface area contributed by atoms with Gasteiger partial charge in [-0.25, -0.2) is 0 Å². The molecule has 6 nitrogen and oxygen atoms in total. The van der Waals surface area contributed by atoms with Gasteiger partial charge in [0.25, 0.3) is 5.91 Å². The molecule has 0 aliphatic carbocycles. The van der Waals surface area contributed by atoms with Crippen LogP contribution in [0.3, 0.4) is 0 Å². The number of aryl methyl sites for hydroxylation is 2. The van der Waals surface area contributed by atoms with Gasteiger partial charge in [0, 0.05) is 24.2 Å². The molecule has 2 aromatic carbocycles. The Morgan fingerprint density at radius 1 is 0.923 bits per heavy atom. The minimum Gasteiger partial charge on any atom is -0.312 e. The first-order valence-electron chi connectivity index (χ1n) is 8.48. The van der Waals surface area contributed by atoms with Crippen LogP contribution in [-0.4, -0.2) is 24.3 Å². The molecule has 0 aromatic heterocycles. The number of amides is 3. The van der Waals surface area contributed by atoms with Gasteiger partial charge < -0.3 is 4.90 Å². The summed E-state index contributed by atoms with van der Waals surface area (Å²) in [6, 6.07) is 14.6. The molecule has 1 fully saturated rings. The van der Waals surface area contributed by atoms with E-state index < -0.39 is 11.8 Å². The fourth-order valence-corrected chi connectivity index (χ4v) is 2.85. The second kappa shape index (κ2) is 7.39. The van der Waals surface area contributed by atoms with Crippen molar-refractivity contribution in [2.24, 2.45) is 5.92 Å². The Kier molecular flexibility index (Phi) is 5.02. The standard InChI is InChI=1S/C20H21N3O3/c1-13-3-7-15(8-4-13)19(25)21-22-20(26)16-11-18(24)23(12-16)17-9-5-14(2)6-10-17/h3-10,16H,11-12H2,1-2H3,(H,21,25)(H,22,26). The maximum Gasteiger partial charge on any atom is 0.269 e. The third-order valence-electron chi connectivity index (χ3n) is 4.45. The van der Waals surface area contributed by atoms with E-state index in [1.165, 1.54) is 0 Å². The lowest BCUT2D eigenvalue weighted by Gasteiger charge is -2.17. The van der Waals surface area contributed by atoms with Crippen molar-refractivity contribution in [2.45, 2.75) is 20.3 Å². The lowest BCUT2D eigenvalue weighted by atomic mass is 10.1. The highest BCUT2D eigenvalue weighted by Crippen LogP contribution is 2.25. The first kappa shape index (κ1) is 17.7. The van der Waals surface area contributed by atoms with Gasteiger partial charge in [-0.2, -0.15) is 0 Å². The van der Waals surface area contributed by atoms with Crippen molar-refractivity contribution in [1.82, 2.24) is 10.9 Å². The van der Waals surface area contributed by atoms with E-state index in [1.807, 2.05) is 50.2 Å². The zero-order chi connectivity index (χ0) is 18.7. The van der Waals surface area contributed by atoms with Crippen LogP contribution in [-0.2, 0) is 9.59 Å². The average Bonchev–Trinajstić information content (AvgIpc) is 3.02. The van der Waals surface area contributed by atoms with Crippen LogP contribution in [0.5, 0.6) is 0 Å². The molecule has 2 N–H and O–H groups in total. The molecule has 1 aliphatic rings. The van der Waals surface area contributed by atoms with Gasteiger partial charge in [-0.3, -0.25) is 25.2 Å². The summed E-state index contributed by atoms with van der Waals surface area (Å²) in [5.74, 6) is -1.35. The molecule has 3 amide bonds. The average molecular weight is 351 g/mol. The molecule has 1 saturated heterocycles. The molecule has 3 rings (SSSR count). The van der Waals surface area contributed by atoms with Crippen LogP contribution in [0.25, 0.3) is 0 Å². The Morgan fingerprint density at radius 3 is 2.12 bits per heavy atom. The van der Waals surface area contributed by atoms with Gasteiger partial charge in [-0.05, 0) is 38.1 Å². The van der Waals surface area contributed by atoms with E-state index in [2.05, 4.69) is 10.9 Å². The molecule has 2 aromatic rings. The molecular weight excluding hydrogens is 330 g/mol. The summed E-state index contributed by atoms with van der Waals surface area (Å²) >= 11 is 0. The van der Waals surface area contributed by atoms with Gasteiger partial charge in [-0.15, -0.1) is 0 Å². The fraction of sp³-hybridized carbons (Fsp3) is 0.250. The zero-order valence-corrected chi connectivity index (χ0v) is 14.8. The van der Waals surface area contributed by atoms with Crippen molar-refractivity contribution in [3.8, 4) is 0 Å². The predicted molar refractivity (Wildman–Crippen MR) is 98.4 cm³/mol. The summed E-state index contributed by atoms with van der Waals surface area (Å²) in [4.78, 5) is 38.2. The molecular formula is C20H21N3O3. The largest absolute Gasteiger partial charge is 0.312 e. The van der Waals surface area contributed by atoms with Gasteiger partial charge in [-0.1, -0.05) is 35.4 Å². The Labute approximate surface area is 152 Å². The number of anilines is 1. The first-order valence-corrected chi connectivity index (χ1v) is 8.48. The van der Waals surface area contributed by atoms with Gasteiger partial charge in [0.2, 0.25) is 11.8 Å². The Balaban J connectivity index is 1.57. The molecule has 0 radical (unpaired) electrons. The molecule has 1 heterocycles. The number of nitrogens with zero attached hydrogens (tertiary/aromatic N) is 1. The summed E-state index contributed by atoms with van der Waals surface area (Å²) in [6.07, 6.45) is 0.125. The molecule has 1 atom stereocenters. The topological polar surface area (TPSA) is 78.5 Å². The van der Waals surface area contributed by atoms with E-state index >= 15 is 0 Å². The Hall–Kier alpha value is -3.15. The summed E-state index contributed by atoms with van der Waals surface area (Å²) in [7, 11) is 0. The highest BCUT2D eigenvalue weighted by atomic mass is 16.2. The number of benzene rings is 2. The van der Waals surface area contributed by atoms with Gasteiger partial charge >= 0.3 is 0 Å². The van der Waals surface area contributed by atoms with Crippen LogP contribution >= 0.6 is 0 Å². The number of hydrogen-bond donors (Lipinski definition) is 2. The van der Waals surface area contributed by atoms with Gasteiger partial charge in [0.15, 0.2) is 0 Å². The molecule has 0 saturated carbocycles. The van der Waals surface area contributed by atoms with Crippen LogP contribution in [0.1, 0.15) is 27.9 Å². The van der Waals surface area contributed by atoms with Crippen molar-refractivity contribution in [3.05, 3.63) is 65.2 Å². The normalized spacial score (nSPS) is 16.5. The first-order chi connectivity index (χ1) is 12.4. The van der Waals surface area contributed by atoms with E-state index in [1.54, 1.807) is 17.0 Å².